The van der Waals surface area contributed by atoms with Gasteiger partial charge in [-0.15, -0.1) is 11.3 Å². The normalized spacial score (nSPS) is 11.5. The van der Waals surface area contributed by atoms with Crippen LogP contribution >= 0.6 is 11.3 Å². The van der Waals surface area contributed by atoms with Crippen molar-refractivity contribution in [3.8, 4) is 11.5 Å². The Morgan fingerprint density at radius 3 is 2.61 bits per heavy atom. The predicted molar refractivity (Wildman–Crippen MR) is 106 cm³/mol. The van der Waals surface area contributed by atoms with Crippen LogP contribution in [0.15, 0.2) is 54.2 Å². The molecule has 0 aliphatic heterocycles. The van der Waals surface area contributed by atoms with Gasteiger partial charge in [0.2, 0.25) is 0 Å². The maximum atomic E-state index is 12.3. The second-order valence-corrected chi connectivity index (χ2v) is 6.73. The van der Waals surface area contributed by atoms with E-state index in [1.165, 1.54) is 14.2 Å². The molecule has 0 aliphatic rings. The molecule has 8 nitrogen and oxygen atoms in total. The molecule has 9 heteroatoms. The van der Waals surface area contributed by atoms with Gasteiger partial charge < -0.3 is 20.1 Å². The van der Waals surface area contributed by atoms with Crippen LogP contribution in [-0.2, 0) is 9.59 Å². The Morgan fingerprint density at radius 1 is 1.14 bits per heavy atom. The van der Waals surface area contributed by atoms with Crippen molar-refractivity contribution in [3.63, 3.8) is 0 Å². The second-order valence-electron chi connectivity index (χ2n) is 5.75. The predicted octanol–water partition coefficient (Wildman–Crippen LogP) is 2.31. The molecule has 0 aliphatic carbocycles. The molecule has 2 aromatic heterocycles. The molecule has 1 unspecified atom stereocenters. The van der Waals surface area contributed by atoms with Crippen LogP contribution in [0.25, 0.3) is 0 Å². The van der Waals surface area contributed by atoms with E-state index in [0.717, 1.165) is 4.88 Å². The van der Waals surface area contributed by atoms with Crippen molar-refractivity contribution in [1.29, 1.82) is 0 Å². The summed E-state index contributed by atoms with van der Waals surface area (Å²) >= 11 is 1.56. The highest BCUT2D eigenvalue weighted by atomic mass is 32.1. The third-order valence-corrected chi connectivity index (χ3v) is 4.99. The first-order valence-electron chi connectivity index (χ1n) is 8.46. The molecule has 0 bridgehead atoms. The van der Waals surface area contributed by atoms with E-state index in [4.69, 9.17) is 9.47 Å². The van der Waals surface area contributed by atoms with Gasteiger partial charge in [-0.25, -0.2) is 0 Å². The molecular weight excluding hydrogens is 380 g/mol. The Balaban J connectivity index is 1.63. The van der Waals surface area contributed by atoms with Crippen molar-refractivity contribution in [1.82, 2.24) is 15.1 Å². The molecule has 2 heterocycles. The summed E-state index contributed by atoms with van der Waals surface area (Å²) in [4.78, 5) is 25.5. The number of ether oxygens (including phenoxy) is 2. The van der Waals surface area contributed by atoms with Crippen molar-refractivity contribution >= 4 is 28.8 Å². The average Bonchev–Trinajstić information content (AvgIpc) is 3.42. The molecule has 0 saturated carbocycles. The molecule has 3 rings (SSSR count). The van der Waals surface area contributed by atoms with Crippen molar-refractivity contribution in [3.05, 3.63) is 59.0 Å². The topological polar surface area (TPSA) is 94.5 Å². The van der Waals surface area contributed by atoms with Crippen LogP contribution in [0.4, 0.5) is 5.69 Å². The Kier molecular flexibility index (Phi) is 6.28. The van der Waals surface area contributed by atoms with E-state index in [9.17, 15) is 9.59 Å². The molecule has 0 saturated heterocycles. The molecule has 2 N–H and O–H groups in total. The van der Waals surface area contributed by atoms with E-state index in [1.54, 1.807) is 40.4 Å². The van der Waals surface area contributed by atoms with Crippen LogP contribution in [0.2, 0.25) is 0 Å². The monoisotopic (exact) mass is 400 g/mol. The number of carbonyl (C=O) groups excluding carboxylic acids is 2. The fourth-order valence-electron chi connectivity index (χ4n) is 2.64. The quantitative estimate of drug-likeness (QED) is 0.594. The number of carbonyl (C=O) groups is 2. The highest BCUT2D eigenvalue weighted by Gasteiger charge is 2.20. The smallest absolute Gasteiger partial charge is 0.313 e. The van der Waals surface area contributed by atoms with Crippen LogP contribution in [0.1, 0.15) is 10.9 Å². The first kappa shape index (κ1) is 19.4. The number of anilines is 1. The third-order valence-electron chi connectivity index (χ3n) is 4.02. The van der Waals surface area contributed by atoms with Gasteiger partial charge in [-0.1, -0.05) is 6.07 Å². The van der Waals surface area contributed by atoms with Crippen LogP contribution in [0.5, 0.6) is 11.5 Å². The second kappa shape index (κ2) is 9.05. The fourth-order valence-corrected chi connectivity index (χ4v) is 3.46. The van der Waals surface area contributed by atoms with E-state index in [2.05, 4.69) is 15.7 Å². The zero-order valence-electron chi connectivity index (χ0n) is 15.4. The first-order chi connectivity index (χ1) is 13.6. The van der Waals surface area contributed by atoms with E-state index < -0.39 is 11.8 Å². The lowest BCUT2D eigenvalue weighted by molar-refractivity contribution is -0.136. The molecule has 0 spiro atoms. The largest absolute Gasteiger partial charge is 0.493 e. The fraction of sp³-hybridized carbons (Fsp3) is 0.211. The number of thiophene rings is 1. The number of methoxy groups -OCH3 is 2. The van der Waals surface area contributed by atoms with E-state index in [1.807, 2.05) is 29.8 Å². The molecule has 1 aromatic carbocycles. The van der Waals surface area contributed by atoms with E-state index >= 15 is 0 Å². The summed E-state index contributed by atoms with van der Waals surface area (Å²) in [7, 11) is 3.02. The summed E-state index contributed by atoms with van der Waals surface area (Å²) in [6, 6.07) is 10.4. The standard InChI is InChI=1S/C19H20N4O4S/c1-26-15-7-6-13(11-16(15)27-2)22-19(25)18(24)20-12-14(17-5-3-10-28-17)23-9-4-8-21-23/h3-11,14H,12H2,1-2H3,(H,20,24)(H,22,25). The van der Waals surface area contributed by atoms with E-state index in [0.29, 0.717) is 17.2 Å². The SMILES string of the molecule is COc1ccc(NC(=O)C(=O)NCC(c2cccs2)n2cccn2)cc1OC. The number of amides is 2. The zero-order valence-corrected chi connectivity index (χ0v) is 16.2. The summed E-state index contributed by atoms with van der Waals surface area (Å²) in [5.74, 6) is -0.513. The van der Waals surface area contributed by atoms with Gasteiger partial charge in [0, 0.05) is 35.6 Å². The number of hydrogen-bond acceptors (Lipinski definition) is 6. The lowest BCUT2D eigenvalue weighted by Crippen LogP contribution is -2.38. The lowest BCUT2D eigenvalue weighted by Gasteiger charge is -2.17. The Morgan fingerprint density at radius 2 is 1.96 bits per heavy atom. The summed E-state index contributed by atoms with van der Waals surface area (Å²) < 4.78 is 12.1. The third kappa shape index (κ3) is 4.49. The number of nitrogens with zero attached hydrogens (tertiary/aromatic N) is 2. The van der Waals surface area contributed by atoms with Gasteiger partial charge in [0.1, 0.15) is 6.04 Å². The van der Waals surface area contributed by atoms with Crippen molar-refractivity contribution in [2.45, 2.75) is 6.04 Å². The molecule has 146 valence electrons. The maximum absolute atomic E-state index is 12.3. The van der Waals surface area contributed by atoms with Crippen LogP contribution in [-0.4, -0.2) is 42.4 Å². The first-order valence-corrected chi connectivity index (χ1v) is 9.34. The molecule has 2 amide bonds. The maximum Gasteiger partial charge on any atom is 0.313 e. The van der Waals surface area contributed by atoms with E-state index in [-0.39, 0.29) is 12.6 Å². The molecule has 3 aromatic rings. The molecule has 0 fully saturated rings. The number of aromatic nitrogens is 2. The zero-order chi connectivity index (χ0) is 19.9. The van der Waals surface area contributed by atoms with Crippen molar-refractivity contribution in [2.24, 2.45) is 0 Å². The van der Waals surface area contributed by atoms with Crippen molar-refractivity contribution in [2.75, 3.05) is 26.1 Å². The number of rotatable bonds is 7. The number of hydrogen-bond donors (Lipinski definition) is 2. The van der Waals surface area contributed by atoms with Gasteiger partial charge in [-0.2, -0.15) is 5.10 Å². The minimum absolute atomic E-state index is 0.187. The average molecular weight is 400 g/mol. The Bertz CT molecular complexity index is 891. The lowest BCUT2D eigenvalue weighted by atomic mass is 10.2. The van der Waals surface area contributed by atoms with Crippen LogP contribution in [0, 0.1) is 0 Å². The van der Waals surface area contributed by atoms with Gasteiger partial charge in [0.25, 0.3) is 0 Å². The van der Waals surface area contributed by atoms with Gasteiger partial charge >= 0.3 is 11.8 Å². The van der Waals surface area contributed by atoms with Crippen molar-refractivity contribution < 1.29 is 19.1 Å². The molecule has 0 radical (unpaired) electrons. The van der Waals surface area contributed by atoms with Gasteiger partial charge in [-0.3, -0.25) is 14.3 Å². The Labute approximate surface area is 166 Å². The summed E-state index contributed by atoms with van der Waals surface area (Å²) in [5, 5.41) is 11.4. The highest BCUT2D eigenvalue weighted by molar-refractivity contribution is 7.10. The summed E-state index contributed by atoms with van der Waals surface area (Å²) in [5.41, 5.74) is 0.430. The Hall–Kier alpha value is -3.33. The summed E-state index contributed by atoms with van der Waals surface area (Å²) in [6.07, 6.45) is 3.49. The molecule has 1 atom stereocenters. The number of nitrogens with one attached hydrogen (secondary N) is 2. The molecule has 28 heavy (non-hydrogen) atoms. The minimum atomic E-state index is -0.766. The van der Waals surface area contributed by atoms with Crippen LogP contribution in [0.3, 0.4) is 0 Å². The van der Waals surface area contributed by atoms with Gasteiger partial charge in [0.05, 0.1) is 14.2 Å². The van der Waals surface area contributed by atoms with Gasteiger partial charge in [0.15, 0.2) is 11.5 Å². The summed E-state index contributed by atoms with van der Waals surface area (Å²) in [6.45, 7) is 0.236. The molecular formula is C19H20N4O4S. The van der Waals surface area contributed by atoms with Gasteiger partial charge in [-0.05, 0) is 29.6 Å². The number of benzene rings is 1. The minimum Gasteiger partial charge on any atom is -0.493 e. The van der Waals surface area contributed by atoms with Crippen LogP contribution < -0.4 is 20.1 Å². The highest BCUT2D eigenvalue weighted by Crippen LogP contribution is 2.29.